The predicted octanol–water partition coefficient (Wildman–Crippen LogP) is 2.16. The molecule has 0 saturated heterocycles. The van der Waals surface area contributed by atoms with E-state index in [0.29, 0.717) is 5.75 Å². The fourth-order valence-electron chi connectivity index (χ4n) is 0.979. The lowest BCUT2D eigenvalue weighted by molar-refractivity contribution is -0.109. The van der Waals surface area contributed by atoms with Crippen LogP contribution in [0.2, 0.25) is 0 Å². The van der Waals surface area contributed by atoms with Crippen molar-refractivity contribution in [2.75, 3.05) is 0 Å². The highest BCUT2D eigenvalue weighted by Gasteiger charge is 2.03. The van der Waals surface area contributed by atoms with Crippen molar-refractivity contribution >= 4 is 22.8 Å². The molecular formula is C10H10O3S. The maximum Gasteiger partial charge on any atom is 0.335 e. The van der Waals surface area contributed by atoms with Crippen LogP contribution in [-0.4, -0.2) is 16.2 Å². The molecule has 1 N–H and O–H groups in total. The van der Waals surface area contributed by atoms with Gasteiger partial charge in [-0.2, -0.15) is 0 Å². The van der Waals surface area contributed by atoms with Gasteiger partial charge in [0.1, 0.15) is 0 Å². The molecule has 0 unspecified atom stereocenters. The van der Waals surface area contributed by atoms with Crippen LogP contribution in [0, 0.1) is 0 Å². The molecule has 1 aromatic carbocycles. The van der Waals surface area contributed by atoms with E-state index < -0.39 is 5.97 Å². The fraction of sp³-hybridized carbons (Fsp3) is 0.200. The molecule has 3 nitrogen and oxygen atoms in total. The Labute approximate surface area is 86.1 Å². The summed E-state index contributed by atoms with van der Waals surface area (Å²) in [5, 5.41) is 8.75. The monoisotopic (exact) mass is 210 g/mol. The van der Waals surface area contributed by atoms with E-state index in [2.05, 4.69) is 0 Å². The van der Waals surface area contributed by atoms with Crippen LogP contribution < -0.4 is 0 Å². The maximum atomic E-state index is 10.7. The zero-order chi connectivity index (χ0) is 10.6. The van der Waals surface area contributed by atoms with Crippen LogP contribution in [0.25, 0.3) is 0 Å². The second-order valence-electron chi connectivity index (χ2n) is 2.79. The summed E-state index contributed by atoms with van der Waals surface area (Å²) in [5.74, 6) is -0.420. The molecular weight excluding hydrogens is 200 g/mol. The van der Waals surface area contributed by atoms with Gasteiger partial charge in [-0.05, 0) is 17.7 Å². The molecule has 14 heavy (non-hydrogen) atoms. The van der Waals surface area contributed by atoms with Gasteiger partial charge in [0.15, 0.2) is 5.12 Å². The van der Waals surface area contributed by atoms with Crippen LogP contribution in [0.5, 0.6) is 0 Å². The molecule has 74 valence electrons. The van der Waals surface area contributed by atoms with Gasteiger partial charge in [-0.1, -0.05) is 23.9 Å². The summed E-state index contributed by atoms with van der Waals surface area (Å²) in [6.07, 6.45) is 0. The third-order valence-corrected chi connectivity index (χ3v) is 2.50. The lowest BCUT2D eigenvalue weighted by atomic mass is 10.1. The average Bonchev–Trinajstić information content (AvgIpc) is 2.15. The first-order valence-corrected chi connectivity index (χ1v) is 5.04. The summed E-state index contributed by atoms with van der Waals surface area (Å²) >= 11 is 1.17. The van der Waals surface area contributed by atoms with E-state index in [9.17, 15) is 9.59 Å². The topological polar surface area (TPSA) is 54.4 Å². The summed E-state index contributed by atoms with van der Waals surface area (Å²) in [6, 6.07) is 6.60. The molecule has 0 aliphatic rings. The van der Waals surface area contributed by atoms with Crippen molar-refractivity contribution in [2.24, 2.45) is 0 Å². The minimum Gasteiger partial charge on any atom is -0.478 e. The molecule has 1 rings (SSSR count). The van der Waals surface area contributed by atoms with Crippen molar-refractivity contribution in [3.63, 3.8) is 0 Å². The van der Waals surface area contributed by atoms with Crippen LogP contribution in [0.3, 0.4) is 0 Å². The number of carbonyl (C=O) groups excluding carboxylic acids is 1. The lowest BCUT2D eigenvalue weighted by Crippen LogP contribution is -1.96. The lowest BCUT2D eigenvalue weighted by Gasteiger charge is -2.00. The van der Waals surface area contributed by atoms with Gasteiger partial charge in [-0.15, -0.1) is 0 Å². The highest BCUT2D eigenvalue weighted by Crippen LogP contribution is 2.14. The molecule has 0 atom stereocenters. The quantitative estimate of drug-likeness (QED) is 0.830. The Morgan fingerprint density at radius 1 is 1.43 bits per heavy atom. The number of hydrogen-bond donors (Lipinski definition) is 1. The number of benzene rings is 1. The zero-order valence-corrected chi connectivity index (χ0v) is 8.50. The molecule has 0 saturated carbocycles. The summed E-state index contributed by atoms with van der Waals surface area (Å²) in [7, 11) is 0. The number of thioether (sulfide) groups is 1. The van der Waals surface area contributed by atoms with Gasteiger partial charge in [0.25, 0.3) is 0 Å². The molecule has 0 amide bonds. The third-order valence-electron chi connectivity index (χ3n) is 1.62. The van der Waals surface area contributed by atoms with Crippen LogP contribution in [0.4, 0.5) is 0 Å². The second-order valence-corrected chi connectivity index (χ2v) is 3.94. The van der Waals surface area contributed by atoms with Crippen LogP contribution in [0.15, 0.2) is 24.3 Å². The molecule has 0 heterocycles. The van der Waals surface area contributed by atoms with Crippen molar-refractivity contribution in [2.45, 2.75) is 12.7 Å². The van der Waals surface area contributed by atoms with Gasteiger partial charge >= 0.3 is 5.97 Å². The van der Waals surface area contributed by atoms with Crippen LogP contribution >= 0.6 is 11.8 Å². The van der Waals surface area contributed by atoms with E-state index in [1.165, 1.54) is 24.8 Å². The van der Waals surface area contributed by atoms with Crippen molar-refractivity contribution in [1.29, 1.82) is 0 Å². The number of carboxylic acids is 1. The molecule has 0 fully saturated rings. The fourth-order valence-corrected chi connectivity index (χ4v) is 1.53. The molecule has 0 radical (unpaired) electrons. The van der Waals surface area contributed by atoms with E-state index in [4.69, 9.17) is 5.11 Å². The van der Waals surface area contributed by atoms with Gasteiger partial charge in [-0.3, -0.25) is 4.79 Å². The number of carboxylic acid groups (broad SMARTS) is 1. The highest BCUT2D eigenvalue weighted by molar-refractivity contribution is 8.12. The molecule has 4 heteroatoms. The Bertz CT molecular complexity index is 360. The van der Waals surface area contributed by atoms with E-state index >= 15 is 0 Å². The normalized spacial score (nSPS) is 9.79. The minimum atomic E-state index is -0.945. The average molecular weight is 210 g/mol. The number of hydrogen-bond acceptors (Lipinski definition) is 3. The largest absolute Gasteiger partial charge is 0.478 e. The summed E-state index contributed by atoms with van der Waals surface area (Å²) in [6.45, 7) is 1.49. The maximum absolute atomic E-state index is 10.7. The number of carbonyl (C=O) groups is 2. The highest BCUT2D eigenvalue weighted by atomic mass is 32.2. The third kappa shape index (κ3) is 3.22. The van der Waals surface area contributed by atoms with E-state index in [1.807, 2.05) is 6.07 Å². The molecule has 0 spiro atoms. The van der Waals surface area contributed by atoms with Crippen molar-refractivity contribution in [3.8, 4) is 0 Å². The molecule has 0 bridgehead atoms. The second kappa shape index (κ2) is 4.81. The predicted molar refractivity (Wildman–Crippen MR) is 55.4 cm³/mol. The Balaban J connectivity index is 2.73. The first-order chi connectivity index (χ1) is 6.59. The Hall–Kier alpha value is -1.29. The van der Waals surface area contributed by atoms with E-state index in [0.717, 1.165) is 5.56 Å². The van der Waals surface area contributed by atoms with Crippen LogP contribution in [-0.2, 0) is 10.5 Å². The smallest absolute Gasteiger partial charge is 0.335 e. The van der Waals surface area contributed by atoms with E-state index in [-0.39, 0.29) is 10.7 Å². The Morgan fingerprint density at radius 3 is 2.71 bits per heavy atom. The standard InChI is InChI=1S/C10H10O3S/c1-7(11)14-6-8-3-2-4-9(5-8)10(12)13/h2-5H,6H2,1H3,(H,12,13). The summed E-state index contributed by atoms with van der Waals surface area (Å²) < 4.78 is 0. The van der Waals surface area contributed by atoms with Gasteiger partial charge in [0.2, 0.25) is 0 Å². The molecule has 0 aliphatic carbocycles. The minimum absolute atomic E-state index is 0.0331. The van der Waals surface area contributed by atoms with Crippen molar-refractivity contribution in [1.82, 2.24) is 0 Å². The van der Waals surface area contributed by atoms with Crippen molar-refractivity contribution < 1.29 is 14.7 Å². The number of rotatable bonds is 3. The summed E-state index contributed by atoms with van der Waals surface area (Å²) in [4.78, 5) is 21.3. The first kappa shape index (κ1) is 10.8. The van der Waals surface area contributed by atoms with Crippen molar-refractivity contribution in [3.05, 3.63) is 35.4 Å². The number of aromatic carboxylic acids is 1. The first-order valence-electron chi connectivity index (χ1n) is 4.05. The van der Waals surface area contributed by atoms with Gasteiger partial charge in [0, 0.05) is 12.7 Å². The van der Waals surface area contributed by atoms with Gasteiger partial charge in [-0.25, -0.2) is 4.79 Å². The van der Waals surface area contributed by atoms with Gasteiger partial charge in [0.05, 0.1) is 5.56 Å². The summed E-state index contributed by atoms with van der Waals surface area (Å²) in [5.41, 5.74) is 1.11. The molecule has 0 aliphatic heterocycles. The SMILES string of the molecule is CC(=O)SCc1cccc(C(=O)O)c1. The van der Waals surface area contributed by atoms with Crippen LogP contribution in [0.1, 0.15) is 22.8 Å². The van der Waals surface area contributed by atoms with Gasteiger partial charge < -0.3 is 5.11 Å². The molecule has 1 aromatic rings. The molecule has 0 aromatic heterocycles. The Morgan fingerprint density at radius 2 is 2.14 bits per heavy atom. The Kier molecular flexibility index (Phi) is 3.71. The zero-order valence-electron chi connectivity index (χ0n) is 7.69. The van der Waals surface area contributed by atoms with E-state index in [1.54, 1.807) is 12.1 Å².